The summed E-state index contributed by atoms with van der Waals surface area (Å²) in [5.41, 5.74) is 2.97. The first-order valence-electron chi connectivity index (χ1n) is 5.86. The Bertz CT molecular complexity index is 511. The highest BCUT2D eigenvalue weighted by atomic mass is 32.1. The second-order valence-electron chi connectivity index (χ2n) is 4.01. The van der Waals surface area contributed by atoms with Crippen molar-refractivity contribution in [2.24, 2.45) is 0 Å². The van der Waals surface area contributed by atoms with E-state index in [1.807, 2.05) is 32.5 Å². The molecule has 5 nitrogen and oxygen atoms in total. The van der Waals surface area contributed by atoms with Gasteiger partial charge in [-0.25, -0.2) is 15.0 Å². The molecule has 0 spiro atoms. The lowest BCUT2D eigenvalue weighted by Gasteiger charge is -2.17. The summed E-state index contributed by atoms with van der Waals surface area (Å²) in [5.74, 6) is 1.77. The summed E-state index contributed by atoms with van der Waals surface area (Å²) in [6, 6.07) is 1.96. The third-order valence-electron chi connectivity index (χ3n) is 2.63. The highest BCUT2D eigenvalue weighted by Gasteiger charge is 2.08. The Labute approximate surface area is 111 Å². The van der Waals surface area contributed by atoms with Crippen LogP contribution in [0.2, 0.25) is 0 Å². The number of nitrogens with zero attached hydrogens (tertiary/aromatic N) is 4. The standard InChI is InChI=1S/C12H17N5S/c1-4-13-11-5-12(15-7-14-11)17(3)6-10-9(2)16-8-18-10/h5,7-8H,4,6H2,1-3H3,(H,13,14,15). The summed E-state index contributed by atoms with van der Waals surface area (Å²) >= 11 is 1.68. The van der Waals surface area contributed by atoms with E-state index in [-0.39, 0.29) is 0 Å². The highest BCUT2D eigenvalue weighted by Crippen LogP contribution is 2.19. The Morgan fingerprint density at radius 2 is 2.17 bits per heavy atom. The van der Waals surface area contributed by atoms with Crippen LogP contribution >= 0.6 is 11.3 Å². The summed E-state index contributed by atoms with van der Waals surface area (Å²) in [7, 11) is 2.03. The number of hydrogen-bond acceptors (Lipinski definition) is 6. The van der Waals surface area contributed by atoms with Crippen molar-refractivity contribution in [3.05, 3.63) is 28.5 Å². The largest absolute Gasteiger partial charge is 0.370 e. The van der Waals surface area contributed by atoms with Gasteiger partial charge in [-0.15, -0.1) is 11.3 Å². The maximum atomic E-state index is 4.29. The quantitative estimate of drug-likeness (QED) is 0.897. The van der Waals surface area contributed by atoms with E-state index >= 15 is 0 Å². The summed E-state index contributed by atoms with van der Waals surface area (Å²) in [6.07, 6.45) is 1.59. The molecule has 0 aromatic carbocycles. The predicted molar refractivity (Wildman–Crippen MR) is 75.2 cm³/mol. The Morgan fingerprint density at radius 3 is 2.83 bits per heavy atom. The molecule has 6 heteroatoms. The van der Waals surface area contributed by atoms with Gasteiger partial charge >= 0.3 is 0 Å². The van der Waals surface area contributed by atoms with Gasteiger partial charge in [-0.3, -0.25) is 0 Å². The molecule has 2 aromatic heterocycles. The van der Waals surface area contributed by atoms with E-state index in [4.69, 9.17) is 0 Å². The molecular formula is C12H17N5S. The molecule has 18 heavy (non-hydrogen) atoms. The molecule has 0 fully saturated rings. The first-order valence-corrected chi connectivity index (χ1v) is 6.74. The molecule has 1 N–H and O–H groups in total. The summed E-state index contributed by atoms with van der Waals surface area (Å²) in [5, 5.41) is 3.19. The summed E-state index contributed by atoms with van der Waals surface area (Å²) < 4.78 is 0. The van der Waals surface area contributed by atoms with Crippen LogP contribution in [0.5, 0.6) is 0 Å². The van der Waals surface area contributed by atoms with Crippen LogP contribution in [0, 0.1) is 6.92 Å². The topological polar surface area (TPSA) is 53.9 Å². The number of anilines is 2. The van der Waals surface area contributed by atoms with Crippen molar-refractivity contribution in [2.45, 2.75) is 20.4 Å². The molecule has 0 saturated heterocycles. The van der Waals surface area contributed by atoms with Gasteiger partial charge in [0.25, 0.3) is 0 Å². The van der Waals surface area contributed by atoms with Crippen molar-refractivity contribution in [1.82, 2.24) is 15.0 Å². The van der Waals surface area contributed by atoms with Crippen LogP contribution in [0.3, 0.4) is 0 Å². The summed E-state index contributed by atoms with van der Waals surface area (Å²) in [4.78, 5) is 16.1. The van der Waals surface area contributed by atoms with E-state index in [0.29, 0.717) is 0 Å². The average molecular weight is 263 g/mol. The maximum Gasteiger partial charge on any atom is 0.134 e. The minimum absolute atomic E-state index is 0.819. The second kappa shape index (κ2) is 5.77. The zero-order valence-electron chi connectivity index (χ0n) is 10.8. The van der Waals surface area contributed by atoms with Crippen molar-refractivity contribution >= 4 is 23.0 Å². The number of rotatable bonds is 5. The normalized spacial score (nSPS) is 10.4. The van der Waals surface area contributed by atoms with E-state index < -0.39 is 0 Å². The Kier molecular flexibility index (Phi) is 4.09. The molecule has 0 aliphatic carbocycles. The second-order valence-corrected chi connectivity index (χ2v) is 4.95. The molecule has 0 unspecified atom stereocenters. The predicted octanol–water partition coefficient (Wildman–Crippen LogP) is 2.31. The van der Waals surface area contributed by atoms with Crippen molar-refractivity contribution in [3.8, 4) is 0 Å². The van der Waals surface area contributed by atoms with Crippen LogP contribution in [-0.2, 0) is 6.54 Å². The SMILES string of the molecule is CCNc1cc(N(C)Cc2scnc2C)ncn1. The molecule has 0 radical (unpaired) electrons. The number of thiazole rings is 1. The van der Waals surface area contributed by atoms with Crippen molar-refractivity contribution in [3.63, 3.8) is 0 Å². The van der Waals surface area contributed by atoms with Crippen LogP contribution in [0.1, 0.15) is 17.5 Å². The Hall–Kier alpha value is -1.69. The lowest BCUT2D eigenvalue weighted by atomic mass is 10.3. The average Bonchev–Trinajstić information content (AvgIpc) is 2.76. The monoisotopic (exact) mass is 263 g/mol. The zero-order chi connectivity index (χ0) is 13.0. The Morgan fingerprint density at radius 1 is 1.33 bits per heavy atom. The van der Waals surface area contributed by atoms with Crippen LogP contribution in [0.25, 0.3) is 0 Å². The molecule has 0 atom stereocenters. The molecular weight excluding hydrogens is 246 g/mol. The van der Waals surface area contributed by atoms with E-state index in [1.165, 1.54) is 4.88 Å². The number of hydrogen-bond donors (Lipinski definition) is 1. The van der Waals surface area contributed by atoms with Gasteiger partial charge < -0.3 is 10.2 Å². The third kappa shape index (κ3) is 2.95. The van der Waals surface area contributed by atoms with Gasteiger partial charge in [0.2, 0.25) is 0 Å². The molecule has 2 aromatic rings. The van der Waals surface area contributed by atoms with Crippen molar-refractivity contribution < 1.29 is 0 Å². The fourth-order valence-electron chi connectivity index (χ4n) is 1.61. The van der Waals surface area contributed by atoms with Crippen LogP contribution < -0.4 is 10.2 Å². The fourth-order valence-corrected chi connectivity index (χ4v) is 2.44. The van der Waals surface area contributed by atoms with Gasteiger partial charge in [0, 0.05) is 24.5 Å². The van der Waals surface area contributed by atoms with Crippen molar-refractivity contribution in [1.29, 1.82) is 0 Å². The van der Waals surface area contributed by atoms with Crippen LogP contribution in [-0.4, -0.2) is 28.5 Å². The molecule has 2 heterocycles. The molecule has 0 saturated carbocycles. The molecule has 2 rings (SSSR count). The first-order chi connectivity index (χ1) is 8.70. The maximum absolute atomic E-state index is 4.29. The molecule has 96 valence electrons. The fraction of sp³-hybridized carbons (Fsp3) is 0.417. The first kappa shape index (κ1) is 12.8. The molecule has 0 aliphatic rings. The van der Waals surface area contributed by atoms with Gasteiger partial charge in [-0.05, 0) is 13.8 Å². The smallest absolute Gasteiger partial charge is 0.134 e. The van der Waals surface area contributed by atoms with Crippen LogP contribution in [0.15, 0.2) is 17.9 Å². The van der Waals surface area contributed by atoms with E-state index in [0.717, 1.165) is 30.4 Å². The lowest BCUT2D eigenvalue weighted by molar-refractivity contribution is 0.894. The van der Waals surface area contributed by atoms with Gasteiger partial charge in [0.1, 0.15) is 18.0 Å². The van der Waals surface area contributed by atoms with E-state index in [2.05, 4.69) is 25.2 Å². The molecule has 0 bridgehead atoms. The number of aryl methyl sites for hydroxylation is 1. The molecule has 0 aliphatic heterocycles. The van der Waals surface area contributed by atoms with Crippen molar-refractivity contribution in [2.75, 3.05) is 23.8 Å². The Balaban J connectivity index is 2.11. The van der Waals surface area contributed by atoms with Gasteiger partial charge in [0.05, 0.1) is 17.7 Å². The van der Waals surface area contributed by atoms with E-state index in [9.17, 15) is 0 Å². The number of aromatic nitrogens is 3. The highest BCUT2D eigenvalue weighted by molar-refractivity contribution is 7.09. The number of nitrogens with one attached hydrogen (secondary N) is 1. The zero-order valence-corrected chi connectivity index (χ0v) is 11.7. The molecule has 0 amide bonds. The van der Waals surface area contributed by atoms with Gasteiger partial charge in [-0.1, -0.05) is 0 Å². The van der Waals surface area contributed by atoms with Gasteiger partial charge in [-0.2, -0.15) is 0 Å². The third-order valence-corrected chi connectivity index (χ3v) is 3.55. The summed E-state index contributed by atoms with van der Waals surface area (Å²) in [6.45, 7) is 5.75. The minimum Gasteiger partial charge on any atom is -0.370 e. The van der Waals surface area contributed by atoms with Crippen LogP contribution in [0.4, 0.5) is 11.6 Å². The van der Waals surface area contributed by atoms with Gasteiger partial charge in [0.15, 0.2) is 0 Å². The lowest BCUT2D eigenvalue weighted by Crippen LogP contribution is -2.18. The minimum atomic E-state index is 0.819. The van der Waals surface area contributed by atoms with E-state index in [1.54, 1.807) is 17.7 Å².